The first-order chi connectivity index (χ1) is 46.2. The highest BCUT2D eigenvalue weighted by Gasteiger charge is 2.51. The summed E-state index contributed by atoms with van der Waals surface area (Å²) < 4.78 is 54.8. The summed E-state index contributed by atoms with van der Waals surface area (Å²) in [7, 11) is 0. The van der Waals surface area contributed by atoms with E-state index in [1.807, 2.05) is 0 Å². The molecule has 0 aliphatic carbocycles. The van der Waals surface area contributed by atoms with Crippen LogP contribution in [0, 0.1) is 0 Å². The van der Waals surface area contributed by atoms with E-state index in [-0.39, 0.29) is 24.6 Å². The van der Waals surface area contributed by atoms with Gasteiger partial charge in [-0.2, -0.15) is 0 Å². The average Bonchev–Trinajstić information content (AvgIpc) is 0.845. The van der Waals surface area contributed by atoms with E-state index >= 15 is 0 Å². The van der Waals surface area contributed by atoms with Crippen molar-refractivity contribution in [3.8, 4) is 0 Å². The second-order valence-electron chi connectivity index (χ2n) is 23.2. The molecule has 20 atom stereocenters. The predicted molar refractivity (Wildman–Crippen MR) is 317 cm³/mol. The summed E-state index contributed by atoms with van der Waals surface area (Å²) >= 11 is 0. The fourth-order valence-electron chi connectivity index (χ4n) is 9.50. The normalized spacial score (nSPS) is 36.3. The number of carbonyl (C=O) groups is 2. The number of alkyl carbamates (subject to hydrolysis) is 1. The highest BCUT2D eigenvalue weighted by Crippen LogP contribution is 2.33. The van der Waals surface area contributed by atoms with Crippen molar-refractivity contribution in [1.29, 1.82) is 0 Å². The van der Waals surface area contributed by atoms with E-state index in [2.05, 4.69) is 20.9 Å². The molecule has 0 spiro atoms. The lowest BCUT2D eigenvalue weighted by Crippen LogP contribution is -2.61. The number of rotatable bonds is 21. The Kier molecular flexibility index (Phi) is 34.4. The molecule has 2 amide bonds. The smallest absolute Gasteiger partial charge is 0.407 e. The molecule has 1 aromatic heterocycles. The zero-order valence-corrected chi connectivity index (χ0v) is 53.3. The molecular weight excluding hydrogens is 1330 g/mol. The fraction of sp³-hybridized carbons (Fsp3) is 0.750. The Labute approximate surface area is 557 Å². The van der Waals surface area contributed by atoms with Crippen LogP contribution in [-0.2, 0) is 65.3 Å². The maximum absolute atomic E-state index is 12.7. The van der Waals surface area contributed by atoms with E-state index in [0.29, 0.717) is 25.8 Å². The molecule has 42 heteroatoms. The van der Waals surface area contributed by atoms with Gasteiger partial charge in [0.15, 0.2) is 70.2 Å². The van der Waals surface area contributed by atoms with Crippen molar-refractivity contribution in [2.45, 2.75) is 221 Å². The molecule has 6 rings (SSSR count). The topological polar surface area (TPSA) is 687 Å². The Balaban J connectivity index is 1.75. The molecule has 98 heavy (non-hydrogen) atoms. The molecule has 0 saturated carbocycles. The molecule has 4 bridgehead atoms. The summed E-state index contributed by atoms with van der Waals surface area (Å²) in [6.45, 7) is -1.44. The molecule has 42 nitrogen and oxygen atoms in total. The van der Waals surface area contributed by atoms with Gasteiger partial charge in [0.05, 0.1) is 26.0 Å². The van der Waals surface area contributed by atoms with Crippen LogP contribution in [0.15, 0.2) is 63.8 Å². The number of amides is 2. The van der Waals surface area contributed by atoms with E-state index < -0.39 is 271 Å². The zero-order chi connectivity index (χ0) is 73.5. The van der Waals surface area contributed by atoms with Crippen LogP contribution < -0.4 is 10.6 Å². The van der Waals surface area contributed by atoms with Crippen molar-refractivity contribution >= 4 is 12.0 Å². The molecule has 5 aliphatic rings. The maximum atomic E-state index is 12.7. The van der Waals surface area contributed by atoms with Crippen molar-refractivity contribution in [1.82, 2.24) is 25.6 Å². The van der Waals surface area contributed by atoms with E-state index in [1.54, 1.807) is 20.8 Å². The van der Waals surface area contributed by atoms with E-state index in [0.717, 1.165) is 4.68 Å². The lowest BCUT2D eigenvalue weighted by molar-refractivity contribution is -0.331. The van der Waals surface area contributed by atoms with Crippen LogP contribution in [0.1, 0.15) is 84.3 Å². The third-order valence-electron chi connectivity index (χ3n) is 14.7. The first-order valence-corrected chi connectivity index (χ1v) is 30.6. The number of hydrogen-bond donors (Lipinski definition) is 27. The van der Waals surface area contributed by atoms with Crippen molar-refractivity contribution in [2.24, 2.45) is 0 Å². The Hall–Kier alpha value is -6.38. The first kappa shape index (κ1) is 84.0. The molecule has 27 N–H and O–H groups in total. The summed E-state index contributed by atoms with van der Waals surface area (Å²) in [5, 5.41) is 284. The van der Waals surface area contributed by atoms with Crippen molar-refractivity contribution < 1.29 is 185 Å². The molecule has 0 radical (unpaired) electrons. The molecule has 0 aromatic carbocycles. The van der Waals surface area contributed by atoms with Crippen LogP contribution in [0.2, 0.25) is 0 Å². The second-order valence-corrected chi connectivity index (χ2v) is 23.2. The number of carbonyl (C=O) groups excluding carboxylic acids is 2. The number of fused-ring (bicyclic) bond motifs is 2. The largest absolute Gasteiger partial charge is 0.506 e. The number of aryl methyl sites for hydroxylation is 1. The minimum absolute atomic E-state index is 0.0933. The van der Waals surface area contributed by atoms with Crippen LogP contribution >= 0.6 is 0 Å². The summed E-state index contributed by atoms with van der Waals surface area (Å²) in [4.78, 5) is 24.6. The predicted octanol–water partition coefficient (Wildman–Crippen LogP) is -5.28. The van der Waals surface area contributed by atoms with Crippen molar-refractivity contribution in [3.05, 3.63) is 69.5 Å². The molecular formula is C56H93N5O37. The van der Waals surface area contributed by atoms with Crippen molar-refractivity contribution in [2.75, 3.05) is 46.2 Å². The molecule has 20 unspecified atom stereocenters. The van der Waals surface area contributed by atoms with Crippen LogP contribution in [0.4, 0.5) is 4.79 Å². The van der Waals surface area contributed by atoms with Gasteiger partial charge in [-0.1, -0.05) is 11.6 Å². The molecule has 5 aliphatic heterocycles. The van der Waals surface area contributed by atoms with Gasteiger partial charge in [-0.25, -0.2) is 4.79 Å². The highest BCUT2D eigenvalue weighted by atomic mass is 16.7. The first-order valence-electron chi connectivity index (χ1n) is 30.6. The van der Waals surface area contributed by atoms with E-state index in [1.165, 1.54) is 6.20 Å². The monoisotopic (exact) mass is 1430 g/mol. The Morgan fingerprint density at radius 3 is 1.17 bits per heavy atom. The Bertz CT molecular complexity index is 2780. The summed E-state index contributed by atoms with van der Waals surface area (Å²) in [5.41, 5.74) is -0.507. The minimum Gasteiger partial charge on any atom is -0.506 e. The number of aliphatic hydroxyl groups excluding tert-OH is 25. The molecule has 564 valence electrons. The quantitative estimate of drug-likeness (QED) is 0.0511. The summed E-state index contributed by atoms with van der Waals surface area (Å²) in [5.74, 6) is -16.1. The summed E-state index contributed by atoms with van der Waals surface area (Å²) in [6.07, 6.45) is -49.0. The number of hydrogen-bond acceptors (Lipinski definition) is 39. The number of aliphatic hydroxyl groups is 25. The van der Waals surface area contributed by atoms with Gasteiger partial charge in [-0.15, -0.1) is 5.10 Å². The number of aromatic nitrogens is 3. The van der Waals surface area contributed by atoms with Gasteiger partial charge >= 0.3 is 6.09 Å². The number of ether oxygens (including phenoxy) is 10. The van der Waals surface area contributed by atoms with Crippen LogP contribution in [0.25, 0.3) is 0 Å². The number of nitrogens with zero attached hydrogens (tertiary/aromatic N) is 3. The maximum Gasteiger partial charge on any atom is 0.407 e. The minimum atomic E-state index is -2.87. The van der Waals surface area contributed by atoms with E-state index in [9.17, 15) is 137 Å². The van der Waals surface area contributed by atoms with Crippen LogP contribution in [0.3, 0.4) is 0 Å². The lowest BCUT2D eigenvalue weighted by atomic mass is 9.98. The standard InChI is InChI=1S/C56H93N5O37/c1-56(2,3)98-55(88)57-13-6-4-5-7-31(68)58-19-23-20-61(60-59-23)14-8-24-32(69)42(79)51(86)96-47-30(22-67)95-54(45(82)38(47)75)93-28(12-18-65)36(73)41(78)50(85)90-26(10-16-63)34(71)39(76)48(83)89-25(9-15-62)33(70)40(77)49(84)91-27(11-17-64)35(72)43(80)52(87)97-46-29(21-66)94-53(92-24)44(81)37(46)74/h20,24-30,37-38,44-54,62-67,69-87H,4-19,21-22H2,1-3H3,(H,57,88)(H,58,68)/b39-34+,40-33+,41-36-,42-32+,43-35-. The third-order valence-corrected chi connectivity index (χ3v) is 14.7. The van der Waals surface area contributed by atoms with Gasteiger partial charge in [-0.05, 0) is 33.6 Å². The van der Waals surface area contributed by atoms with Crippen LogP contribution in [0.5, 0.6) is 0 Å². The van der Waals surface area contributed by atoms with Crippen LogP contribution in [-0.4, -0.2) is 330 Å². The van der Waals surface area contributed by atoms with Gasteiger partial charge in [-0.3, -0.25) is 9.48 Å². The van der Waals surface area contributed by atoms with Gasteiger partial charge in [0.2, 0.25) is 37.4 Å². The third kappa shape index (κ3) is 24.2. The van der Waals surface area contributed by atoms with Crippen molar-refractivity contribution in [3.63, 3.8) is 0 Å². The van der Waals surface area contributed by atoms with Gasteiger partial charge in [0.25, 0.3) is 0 Å². The lowest BCUT2D eigenvalue weighted by Gasteiger charge is -2.43. The fourth-order valence-corrected chi connectivity index (χ4v) is 9.50. The highest BCUT2D eigenvalue weighted by molar-refractivity contribution is 5.75. The van der Waals surface area contributed by atoms with Gasteiger partial charge in [0.1, 0.15) is 90.6 Å². The Morgan fingerprint density at radius 2 is 0.816 bits per heavy atom. The SMILES string of the molecule is CC(C)(C)OC(=O)NCCCCCC(=O)NCc1cn(CCC2OC3OC(CO)C(OC(O)/C(O)=C(/O)C(CCO)OC(O)/C(O)=C(\O)C(CCO)OC(O)/C(O)=C(\O)C(CCO)OC(O)/C(O)=C(/O)C(CCO)OC4OC(CO)C(OC(O)/C(O)=C/2O)C(O)C4O)C(O)C3O)nn1. The summed E-state index contributed by atoms with van der Waals surface area (Å²) in [6, 6.07) is 0. The molecule has 2 saturated heterocycles. The number of unbranched alkanes of at least 4 members (excludes halogenated alkanes) is 2. The zero-order valence-electron chi connectivity index (χ0n) is 53.3. The van der Waals surface area contributed by atoms with E-state index in [4.69, 9.17) is 47.4 Å². The van der Waals surface area contributed by atoms with Gasteiger partial charge < -0.3 is 186 Å². The second kappa shape index (κ2) is 40.2. The molecule has 1 aromatic rings. The molecule has 2 fully saturated rings. The Morgan fingerprint density at radius 1 is 0.459 bits per heavy atom. The average molecular weight is 1430 g/mol. The van der Waals surface area contributed by atoms with Gasteiger partial charge in [0, 0.05) is 78.0 Å². The number of nitrogens with one attached hydrogen (secondary N) is 2. The molecule has 6 heterocycles.